The van der Waals surface area contributed by atoms with Gasteiger partial charge >= 0.3 is 6.18 Å². The van der Waals surface area contributed by atoms with Gasteiger partial charge in [-0.05, 0) is 38.1 Å². The highest BCUT2D eigenvalue weighted by molar-refractivity contribution is 8.00. The fraction of sp³-hybridized carbons (Fsp3) is 0.200. The first-order valence-corrected chi connectivity index (χ1v) is 9.96. The average Bonchev–Trinajstić information content (AvgIpc) is 3.00. The minimum Gasteiger partial charge on any atom is -0.322 e. The molecule has 0 aliphatic carbocycles. The van der Waals surface area contributed by atoms with Crippen LogP contribution in [-0.4, -0.2) is 26.4 Å². The molecule has 3 aromatic rings. The second-order valence-corrected chi connectivity index (χ2v) is 7.58. The van der Waals surface area contributed by atoms with Crippen LogP contribution in [0.25, 0.3) is 5.69 Å². The van der Waals surface area contributed by atoms with Gasteiger partial charge in [0.05, 0.1) is 43.9 Å². The number of nitro groups is 1. The molecule has 11 heteroatoms. The summed E-state index contributed by atoms with van der Waals surface area (Å²) in [6.07, 6.45) is -4.70. The number of hydrogen-bond donors (Lipinski definition) is 1. The molecule has 0 spiro atoms. The summed E-state index contributed by atoms with van der Waals surface area (Å²) in [5, 5.41) is 18.3. The van der Waals surface area contributed by atoms with Gasteiger partial charge in [-0.25, -0.2) is 4.68 Å². The highest BCUT2D eigenvalue weighted by atomic mass is 32.2. The number of carbonyl (C=O) groups excluding carboxylic acids is 1. The lowest BCUT2D eigenvalue weighted by Gasteiger charge is -2.09. The first kappa shape index (κ1) is 22.3. The summed E-state index contributed by atoms with van der Waals surface area (Å²) in [5.74, 6) is -0.681. The lowest BCUT2D eigenvalue weighted by atomic mass is 10.2. The quantitative estimate of drug-likeness (QED) is 0.319. The van der Waals surface area contributed by atoms with Crippen molar-refractivity contribution in [3.63, 3.8) is 0 Å². The Kier molecular flexibility index (Phi) is 6.34. The van der Waals surface area contributed by atoms with E-state index >= 15 is 0 Å². The molecule has 0 bridgehead atoms. The van der Waals surface area contributed by atoms with Crippen LogP contribution in [0.2, 0.25) is 0 Å². The van der Waals surface area contributed by atoms with Gasteiger partial charge in [0.15, 0.2) is 0 Å². The van der Waals surface area contributed by atoms with E-state index in [-0.39, 0.29) is 10.6 Å². The summed E-state index contributed by atoms with van der Waals surface area (Å²) in [7, 11) is 0. The molecule has 31 heavy (non-hydrogen) atoms. The second-order valence-electron chi connectivity index (χ2n) is 6.57. The third-order valence-electron chi connectivity index (χ3n) is 4.40. The van der Waals surface area contributed by atoms with Crippen molar-refractivity contribution in [3.8, 4) is 5.69 Å². The van der Waals surface area contributed by atoms with Gasteiger partial charge in [0.1, 0.15) is 0 Å². The number of carbonyl (C=O) groups is 1. The number of alkyl halides is 3. The molecular weight excluding hydrogens is 433 g/mol. The van der Waals surface area contributed by atoms with Crippen molar-refractivity contribution in [2.24, 2.45) is 0 Å². The van der Waals surface area contributed by atoms with Crippen LogP contribution in [0.4, 0.5) is 24.5 Å². The summed E-state index contributed by atoms with van der Waals surface area (Å²) < 4.78 is 40.1. The predicted octanol–water partition coefficient (Wildman–Crippen LogP) is 5.15. The Morgan fingerprint density at radius 2 is 1.87 bits per heavy atom. The Balaban J connectivity index is 1.74. The molecular formula is C20H17F3N4O3S. The molecule has 0 aliphatic heterocycles. The maximum atomic E-state index is 12.8. The monoisotopic (exact) mass is 450 g/mol. The van der Waals surface area contributed by atoms with Gasteiger partial charge in [0, 0.05) is 6.07 Å². The van der Waals surface area contributed by atoms with Crippen LogP contribution in [0.5, 0.6) is 0 Å². The lowest BCUT2D eigenvalue weighted by Crippen LogP contribution is -2.15. The fourth-order valence-electron chi connectivity index (χ4n) is 2.92. The van der Waals surface area contributed by atoms with E-state index in [1.165, 1.54) is 0 Å². The number of rotatable bonds is 6. The summed E-state index contributed by atoms with van der Waals surface area (Å²) >= 11 is 0.789. The van der Waals surface area contributed by atoms with E-state index in [4.69, 9.17) is 0 Å². The van der Waals surface area contributed by atoms with E-state index in [1.807, 2.05) is 30.3 Å². The molecule has 0 fully saturated rings. The molecule has 7 nitrogen and oxygen atoms in total. The van der Waals surface area contributed by atoms with Crippen molar-refractivity contribution in [3.05, 3.63) is 75.6 Å². The van der Waals surface area contributed by atoms with E-state index in [0.717, 1.165) is 29.6 Å². The smallest absolute Gasteiger partial charge is 0.322 e. The minimum absolute atomic E-state index is 0.0263. The highest BCUT2D eigenvalue weighted by Gasteiger charge is 2.33. The number of thioether (sulfide) groups is 1. The van der Waals surface area contributed by atoms with Crippen molar-refractivity contribution in [2.75, 3.05) is 11.1 Å². The molecule has 0 unspecified atom stereocenters. The van der Waals surface area contributed by atoms with Gasteiger partial charge in [0.2, 0.25) is 5.91 Å². The number of nitrogens with zero attached hydrogens (tertiary/aromatic N) is 3. The Labute approximate surface area is 179 Å². The number of halogens is 3. The third kappa shape index (κ3) is 5.05. The number of amides is 1. The molecule has 2 aromatic carbocycles. The zero-order valence-corrected chi connectivity index (χ0v) is 17.3. The number of benzene rings is 2. The van der Waals surface area contributed by atoms with Crippen LogP contribution in [0, 0.1) is 24.0 Å². The standard InChI is InChI=1S/C20H17F3N4O3S/c1-12-19(13(2)26(25-12)15-6-4-3-5-7-15)24-18(28)11-31-17-9-8-14(20(21,22)23)10-16(17)27(29)30/h3-10H,11H2,1-2H3,(H,24,28). The van der Waals surface area contributed by atoms with Gasteiger partial charge in [-0.2, -0.15) is 18.3 Å². The number of aromatic nitrogens is 2. The maximum absolute atomic E-state index is 12.8. The maximum Gasteiger partial charge on any atom is 0.416 e. The Bertz CT molecular complexity index is 1130. The second kappa shape index (κ2) is 8.80. The average molecular weight is 450 g/mol. The fourth-order valence-corrected chi connectivity index (χ4v) is 3.73. The van der Waals surface area contributed by atoms with Crippen LogP contribution in [0.15, 0.2) is 53.4 Å². The van der Waals surface area contributed by atoms with Crippen LogP contribution in [0.3, 0.4) is 0 Å². The van der Waals surface area contributed by atoms with Crippen molar-refractivity contribution in [2.45, 2.75) is 24.9 Å². The van der Waals surface area contributed by atoms with E-state index in [9.17, 15) is 28.1 Å². The minimum atomic E-state index is -4.70. The van der Waals surface area contributed by atoms with E-state index in [0.29, 0.717) is 23.1 Å². The normalized spacial score (nSPS) is 11.4. The number of hydrogen-bond acceptors (Lipinski definition) is 5. The van der Waals surface area contributed by atoms with Gasteiger partial charge in [0.25, 0.3) is 5.69 Å². The molecule has 0 saturated carbocycles. The first-order chi connectivity index (χ1) is 14.6. The number of anilines is 1. The zero-order valence-electron chi connectivity index (χ0n) is 16.4. The van der Waals surface area contributed by atoms with E-state index < -0.39 is 28.3 Å². The van der Waals surface area contributed by atoms with E-state index in [2.05, 4.69) is 10.4 Å². The molecule has 0 aliphatic rings. The molecule has 1 N–H and O–H groups in total. The topological polar surface area (TPSA) is 90.1 Å². The number of nitrogens with one attached hydrogen (secondary N) is 1. The number of nitro benzene ring substituents is 1. The lowest BCUT2D eigenvalue weighted by molar-refractivity contribution is -0.388. The van der Waals surface area contributed by atoms with E-state index in [1.54, 1.807) is 18.5 Å². The van der Waals surface area contributed by atoms with Gasteiger partial charge in [-0.15, -0.1) is 11.8 Å². The Morgan fingerprint density at radius 1 is 1.19 bits per heavy atom. The summed E-state index contributed by atoms with van der Waals surface area (Å²) in [5.41, 5.74) is 0.793. The summed E-state index contributed by atoms with van der Waals surface area (Å²) in [6.45, 7) is 3.52. The van der Waals surface area contributed by atoms with Crippen LogP contribution >= 0.6 is 11.8 Å². The molecule has 0 radical (unpaired) electrons. The van der Waals surface area contributed by atoms with Crippen molar-refractivity contribution in [1.29, 1.82) is 0 Å². The predicted molar refractivity (Wildman–Crippen MR) is 110 cm³/mol. The first-order valence-electron chi connectivity index (χ1n) is 8.98. The zero-order chi connectivity index (χ0) is 22.8. The van der Waals surface area contributed by atoms with Gasteiger partial charge in [-0.1, -0.05) is 18.2 Å². The van der Waals surface area contributed by atoms with Crippen molar-refractivity contribution in [1.82, 2.24) is 9.78 Å². The van der Waals surface area contributed by atoms with Gasteiger partial charge in [-0.3, -0.25) is 14.9 Å². The molecule has 162 valence electrons. The Morgan fingerprint density at radius 3 is 2.48 bits per heavy atom. The van der Waals surface area contributed by atoms with Gasteiger partial charge < -0.3 is 5.32 Å². The highest BCUT2D eigenvalue weighted by Crippen LogP contribution is 2.36. The number of para-hydroxylation sites is 1. The Hall–Kier alpha value is -3.34. The van der Waals surface area contributed by atoms with Crippen LogP contribution < -0.4 is 5.32 Å². The molecule has 0 atom stereocenters. The van der Waals surface area contributed by atoms with Crippen LogP contribution in [-0.2, 0) is 11.0 Å². The van der Waals surface area contributed by atoms with Crippen molar-refractivity contribution < 1.29 is 22.9 Å². The number of aryl methyl sites for hydroxylation is 1. The summed E-state index contributed by atoms with van der Waals surface area (Å²) in [6, 6.07) is 11.5. The largest absolute Gasteiger partial charge is 0.416 e. The molecule has 1 amide bonds. The SMILES string of the molecule is Cc1nn(-c2ccccc2)c(C)c1NC(=O)CSc1ccc(C(F)(F)F)cc1[N+](=O)[O-]. The third-order valence-corrected chi connectivity index (χ3v) is 5.46. The molecule has 1 aromatic heterocycles. The molecule has 3 rings (SSSR count). The summed E-state index contributed by atoms with van der Waals surface area (Å²) in [4.78, 5) is 22.7. The molecule has 0 saturated heterocycles. The van der Waals surface area contributed by atoms with Crippen molar-refractivity contribution >= 4 is 29.0 Å². The van der Waals surface area contributed by atoms with Crippen LogP contribution in [0.1, 0.15) is 17.0 Å². The molecule has 1 heterocycles.